The topological polar surface area (TPSA) is 63.9 Å². The van der Waals surface area contributed by atoms with Crippen LogP contribution in [0, 0.1) is 6.92 Å². The molecule has 0 spiro atoms. The summed E-state index contributed by atoms with van der Waals surface area (Å²) in [6.45, 7) is 4.31. The Morgan fingerprint density at radius 2 is 1.93 bits per heavy atom. The van der Waals surface area contributed by atoms with Gasteiger partial charge >= 0.3 is 0 Å². The summed E-state index contributed by atoms with van der Waals surface area (Å²) in [4.78, 5) is 31.4. The summed E-state index contributed by atoms with van der Waals surface area (Å²) in [5, 5.41) is 1.90. The fourth-order valence-corrected chi connectivity index (χ4v) is 3.96. The Morgan fingerprint density at radius 1 is 1.17 bits per heavy atom. The second-order valence-corrected chi connectivity index (χ2v) is 7.83. The van der Waals surface area contributed by atoms with Crippen LogP contribution in [0.3, 0.4) is 0 Å². The van der Waals surface area contributed by atoms with Crippen LogP contribution in [-0.4, -0.2) is 29.0 Å². The van der Waals surface area contributed by atoms with Gasteiger partial charge in [0.15, 0.2) is 10.9 Å². The van der Waals surface area contributed by atoms with Crippen molar-refractivity contribution in [3.05, 3.63) is 76.0 Å². The number of hydrogen-bond donors (Lipinski definition) is 0. The molecule has 0 unspecified atom stereocenters. The van der Waals surface area contributed by atoms with Crippen LogP contribution in [0.2, 0.25) is 0 Å². The minimum Gasteiger partial charge on any atom is -0.476 e. The molecule has 1 aliphatic heterocycles. The summed E-state index contributed by atoms with van der Waals surface area (Å²) in [5.74, 6) is -0.0174. The number of aryl methyl sites for hydroxylation is 1. The van der Waals surface area contributed by atoms with Crippen LogP contribution < -0.4 is 14.4 Å². The SMILES string of the molecule is CC(=O)N1C[C@@H](C(=O)N=c2sccn2Cc2ccc(C)cc2)Oc2ccccc21. The average molecular weight is 407 g/mol. The molecule has 1 atom stereocenters. The molecule has 0 saturated heterocycles. The number of rotatable bonds is 3. The smallest absolute Gasteiger partial charge is 0.291 e. The van der Waals surface area contributed by atoms with Crippen LogP contribution in [0.15, 0.2) is 65.1 Å². The van der Waals surface area contributed by atoms with Crippen LogP contribution in [0.4, 0.5) is 5.69 Å². The highest BCUT2D eigenvalue weighted by molar-refractivity contribution is 7.07. The predicted octanol–water partition coefficient (Wildman–Crippen LogP) is 3.15. The molecule has 6 nitrogen and oxygen atoms in total. The normalized spacial score (nSPS) is 16.3. The Morgan fingerprint density at radius 3 is 2.69 bits per heavy atom. The third-order valence-electron chi connectivity index (χ3n) is 4.77. The molecule has 0 fully saturated rings. The molecule has 1 aromatic heterocycles. The van der Waals surface area contributed by atoms with Crippen molar-refractivity contribution in [1.82, 2.24) is 4.57 Å². The van der Waals surface area contributed by atoms with E-state index in [1.807, 2.05) is 41.3 Å². The number of nitrogens with zero attached hydrogens (tertiary/aromatic N) is 3. The Balaban J connectivity index is 1.58. The number of aromatic nitrogens is 1. The zero-order valence-electron chi connectivity index (χ0n) is 16.2. The van der Waals surface area contributed by atoms with Gasteiger partial charge in [0.25, 0.3) is 5.91 Å². The maximum Gasteiger partial charge on any atom is 0.291 e. The van der Waals surface area contributed by atoms with E-state index in [2.05, 4.69) is 29.3 Å². The maximum absolute atomic E-state index is 12.9. The number of carbonyl (C=O) groups is 2. The van der Waals surface area contributed by atoms with Gasteiger partial charge in [-0.2, -0.15) is 4.99 Å². The number of para-hydroxylation sites is 2. The van der Waals surface area contributed by atoms with Crippen molar-refractivity contribution >= 4 is 28.8 Å². The zero-order chi connectivity index (χ0) is 20.4. The van der Waals surface area contributed by atoms with E-state index in [4.69, 9.17) is 4.74 Å². The third kappa shape index (κ3) is 4.14. The number of anilines is 1. The minimum atomic E-state index is -0.830. The van der Waals surface area contributed by atoms with E-state index in [0.717, 1.165) is 5.56 Å². The molecule has 7 heteroatoms. The summed E-state index contributed by atoms with van der Waals surface area (Å²) in [7, 11) is 0. The third-order valence-corrected chi connectivity index (χ3v) is 5.56. The van der Waals surface area contributed by atoms with Crippen molar-refractivity contribution < 1.29 is 14.3 Å². The number of thiazole rings is 1. The lowest BCUT2D eigenvalue weighted by molar-refractivity contribution is -0.125. The molecule has 0 aliphatic carbocycles. The molecule has 4 rings (SSSR count). The van der Waals surface area contributed by atoms with Gasteiger partial charge in [-0.05, 0) is 24.6 Å². The second kappa shape index (κ2) is 8.05. The molecular formula is C22H21N3O3S. The first kappa shape index (κ1) is 19.1. The highest BCUT2D eigenvalue weighted by Crippen LogP contribution is 2.33. The Labute approximate surface area is 172 Å². The molecule has 2 amide bonds. The van der Waals surface area contributed by atoms with Gasteiger partial charge in [0, 0.05) is 25.0 Å². The number of hydrogen-bond acceptors (Lipinski definition) is 4. The van der Waals surface area contributed by atoms with Gasteiger partial charge in [-0.3, -0.25) is 9.59 Å². The molecule has 2 aromatic carbocycles. The van der Waals surface area contributed by atoms with Crippen molar-refractivity contribution in [2.45, 2.75) is 26.5 Å². The van der Waals surface area contributed by atoms with Crippen molar-refractivity contribution in [1.29, 1.82) is 0 Å². The van der Waals surface area contributed by atoms with Gasteiger partial charge in [-0.1, -0.05) is 42.0 Å². The van der Waals surface area contributed by atoms with E-state index >= 15 is 0 Å². The molecule has 148 valence electrons. The lowest BCUT2D eigenvalue weighted by Crippen LogP contribution is -2.46. The molecule has 0 radical (unpaired) electrons. The van der Waals surface area contributed by atoms with Gasteiger partial charge in [0.05, 0.1) is 12.2 Å². The van der Waals surface area contributed by atoms with Crippen LogP contribution in [0.1, 0.15) is 18.1 Å². The zero-order valence-corrected chi connectivity index (χ0v) is 17.1. The standard InChI is InChI=1S/C22H21N3O3S/c1-15-7-9-17(10-8-15)13-24-11-12-29-22(24)23-21(27)20-14-25(16(2)26)18-5-3-4-6-19(18)28-20/h3-12,20H,13-14H2,1-2H3/t20-/m0/s1. The van der Waals surface area contributed by atoms with E-state index in [1.165, 1.54) is 23.8 Å². The van der Waals surface area contributed by atoms with Gasteiger partial charge in [-0.15, -0.1) is 11.3 Å². The monoisotopic (exact) mass is 407 g/mol. The average Bonchev–Trinajstić information content (AvgIpc) is 3.15. The molecule has 29 heavy (non-hydrogen) atoms. The molecule has 3 aromatic rings. The lowest BCUT2D eigenvalue weighted by atomic mass is 10.1. The number of fused-ring (bicyclic) bond motifs is 1. The van der Waals surface area contributed by atoms with E-state index in [-0.39, 0.29) is 12.5 Å². The van der Waals surface area contributed by atoms with Gasteiger partial charge < -0.3 is 14.2 Å². The van der Waals surface area contributed by atoms with Crippen molar-refractivity contribution in [2.24, 2.45) is 4.99 Å². The van der Waals surface area contributed by atoms with Gasteiger partial charge in [-0.25, -0.2) is 0 Å². The predicted molar refractivity (Wildman–Crippen MR) is 112 cm³/mol. The number of ether oxygens (including phenoxy) is 1. The summed E-state index contributed by atoms with van der Waals surface area (Å²) < 4.78 is 7.79. The fraction of sp³-hybridized carbons (Fsp3) is 0.227. The van der Waals surface area contributed by atoms with Crippen LogP contribution in [0.25, 0.3) is 0 Å². The van der Waals surface area contributed by atoms with Crippen molar-refractivity contribution in [3.8, 4) is 5.75 Å². The lowest BCUT2D eigenvalue weighted by Gasteiger charge is -2.32. The summed E-state index contributed by atoms with van der Waals surface area (Å²) in [6, 6.07) is 15.5. The first-order valence-corrected chi connectivity index (χ1v) is 10.2. The molecule has 2 heterocycles. The van der Waals surface area contributed by atoms with Crippen LogP contribution >= 0.6 is 11.3 Å². The fourth-order valence-electron chi connectivity index (χ4n) is 3.22. The first-order chi connectivity index (χ1) is 14.0. The van der Waals surface area contributed by atoms with E-state index in [9.17, 15) is 9.59 Å². The number of benzene rings is 2. The summed E-state index contributed by atoms with van der Waals surface area (Å²) >= 11 is 1.40. The molecule has 0 N–H and O–H groups in total. The van der Waals surface area contributed by atoms with Crippen LogP contribution in [0.5, 0.6) is 5.75 Å². The van der Waals surface area contributed by atoms with Gasteiger partial charge in [0.2, 0.25) is 5.91 Å². The molecule has 0 saturated carbocycles. The Bertz CT molecular complexity index is 1110. The second-order valence-electron chi connectivity index (χ2n) is 6.95. The molecule has 0 bridgehead atoms. The molecular weight excluding hydrogens is 386 g/mol. The van der Waals surface area contributed by atoms with Gasteiger partial charge in [0.1, 0.15) is 5.75 Å². The van der Waals surface area contributed by atoms with E-state index in [1.54, 1.807) is 11.0 Å². The largest absolute Gasteiger partial charge is 0.476 e. The number of amides is 2. The molecule has 1 aliphatic rings. The highest BCUT2D eigenvalue weighted by Gasteiger charge is 2.32. The summed E-state index contributed by atoms with van der Waals surface area (Å²) in [5.41, 5.74) is 3.01. The first-order valence-electron chi connectivity index (χ1n) is 9.33. The quantitative estimate of drug-likeness (QED) is 0.670. The Kier molecular flexibility index (Phi) is 5.31. The minimum absolute atomic E-state index is 0.135. The van der Waals surface area contributed by atoms with E-state index < -0.39 is 12.0 Å². The van der Waals surface area contributed by atoms with E-state index in [0.29, 0.717) is 22.8 Å². The van der Waals surface area contributed by atoms with Crippen molar-refractivity contribution in [3.63, 3.8) is 0 Å². The summed E-state index contributed by atoms with van der Waals surface area (Å²) in [6.07, 6.45) is 1.08. The maximum atomic E-state index is 12.9. The van der Waals surface area contributed by atoms with Crippen LogP contribution in [-0.2, 0) is 16.1 Å². The highest BCUT2D eigenvalue weighted by atomic mass is 32.1. The Hall–Kier alpha value is -3.19. The van der Waals surface area contributed by atoms with Crippen molar-refractivity contribution in [2.75, 3.05) is 11.4 Å². The number of carbonyl (C=O) groups excluding carboxylic acids is 2.